The monoisotopic (exact) mass is 366 g/mol. The minimum absolute atomic E-state index is 0.190. The van der Waals surface area contributed by atoms with Crippen LogP contribution in [0.4, 0.5) is 5.69 Å². The second-order valence-corrected chi connectivity index (χ2v) is 6.35. The number of aryl methyl sites for hydroxylation is 1. The normalized spacial score (nSPS) is 11.0. The van der Waals surface area contributed by atoms with Crippen LogP contribution in [0.2, 0.25) is 5.02 Å². The summed E-state index contributed by atoms with van der Waals surface area (Å²) in [5.41, 5.74) is 5.58. The number of carbonyl (C=O) groups excluding carboxylic acids is 1. The summed E-state index contributed by atoms with van der Waals surface area (Å²) in [6, 6.07) is 14.9. The first-order valence-electron chi connectivity index (χ1n) is 8.02. The smallest absolute Gasteiger partial charge is 0.219 e. The predicted molar refractivity (Wildman–Crippen MR) is 100 cm³/mol. The van der Waals surface area contributed by atoms with Crippen molar-refractivity contribution in [2.75, 3.05) is 5.43 Å². The van der Waals surface area contributed by atoms with Crippen LogP contribution in [0.5, 0.6) is 0 Å². The van der Waals surface area contributed by atoms with Gasteiger partial charge in [-0.1, -0.05) is 29.8 Å². The van der Waals surface area contributed by atoms with Crippen molar-refractivity contribution in [1.82, 2.24) is 14.9 Å². The molecule has 0 saturated carbocycles. The largest absolute Gasteiger partial charge is 0.452 e. The highest BCUT2D eigenvalue weighted by atomic mass is 35.5. The highest BCUT2D eigenvalue weighted by Crippen LogP contribution is 2.32. The molecule has 26 heavy (non-hydrogen) atoms. The molecule has 130 valence electrons. The number of rotatable bonds is 4. The standard InChI is InChI=1S/C19H15ClN4O2/c1-11-15-5-3-4-6-16(15)26-17(11)19-22-21-18(12(2)25)24(19)23-14-9-7-13(20)8-10-14/h3-10,23H,1-2H3. The lowest BCUT2D eigenvalue weighted by atomic mass is 10.1. The molecule has 0 amide bonds. The van der Waals surface area contributed by atoms with Gasteiger partial charge < -0.3 is 4.42 Å². The fourth-order valence-electron chi connectivity index (χ4n) is 2.81. The van der Waals surface area contributed by atoms with E-state index in [1.807, 2.05) is 43.3 Å². The molecule has 0 radical (unpaired) electrons. The van der Waals surface area contributed by atoms with E-state index < -0.39 is 0 Å². The molecule has 6 nitrogen and oxygen atoms in total. The van der Waals surface area contributed by atoms with Crippen molar-refractivity contribution in [2.24, 2.45) is 0 Å². The molecular formula is C19H15ClN4O2. The maximum absolute atomic E-state index is 12.0. The number of ketones is 1. The molecule has 0 unspecified atom stereocenters. The van der Waals surface area contributed by atoms with E-state index in [2.05, 4.69) is 15.6 Å². The number of aromatic nitrogens is 3. The number of hydrogen-bond donors (Lipinski definition) is 1. The Kier molecular flexibility index (Phi) is 3.97. The van der Waals surface area contributed by atoms with Crippen molar-refractivity contribution in [3.63, 3.8) is 0 Å². The number of nitrogens with one attached hydrogen (secondary N) is 1. The van der Waals surface area contributed by atoms with Gasteiger partial charge in [-0.2, -0.15) is 0 Å². The van der Waals surface area contributed by atoms with E-state index in [9.17, 15) is 4.79 Å². The summed E-state index contributed by atoms with van der Waals surface area (Å²) in [6.07, 6.45) is 0. The van der Waals surface area contributed by atoms with Gasteiger partial charge in [0.1, 0.15) is 5.58 Å². The van der Waals surface area contributed by atoms with Crippen molar-refractivity contribution < 1.29 is 9.21 Å². The van der Waals surface area contributed by atoms with Gasteiger partial charge in [0.2, 0.25) is 11.6 Å². The molecule has 7 heteroatoms. The Balaban J connectivity index is 1.87. The second kappa shape index (κ2) is 6.31. The Morgan fingerprint density at radius 1 is 1.12 bits per heavy atom. The van der Waals surface area contributed by atoms with Crippen molar-refractivity contribution in [1.29, 1.82) is 0 Å². The first-order chi connectivity index (χ1) is 12.5. The first-order valence-corrected chi connectivity index (χ1v) is 8.40. The molecule has 0 bridgehead atoms. The third kappa shape index (κ3) is 2.74. The van der Waals surface area contributed by atoms with Crippen LogP contribution < -0.4 is 5.43 Å². The van der Waals surface area contributed by atoms with Gasteiger partial charge >= 0.3 is 0 Å². The zero-order chi connectivity index (χ0) is 18.3. The number of anilines is 1. The molecule has 1 N–H and O–H groups in total. The van der Waals surface area contributed by atoms with Crippen LogP contribution in [-0.2, 0) is 0 Å². The first kappa shape index (κ1) is 16.4. The summed E-state index contributed by atoms with van der Waals surface area (Å²) >= 11 is 5.94. The number of fused-ring (bicyclic) bond motifs is 1. The van der Waals surface area contributed by atoms with Gasteiger partial charge in [0.15, 0.2) is 11.5 Å². The van der Waals surface area contributed by atoms with Crippen LogP contribution in [0.1, 0.15) is 23.1 Å². The molecule has 2 heterocycles. The highest BCUT2D eigenvalue weighted by Gasteiger charge is 2.22. The Hall–Kier alpha value is -3.12. The maximum Gasteiger partial charge on any atom is 0.219 e. The Labute approximate surface area is 154 Å². The van der Waals surface area contributed by atoms with E-state index in [0.29, 0.717) is 16.6 Å². The summed E-state index contributed by atoms with van der Waals surface area (Å²) in [5, 5.41) is 9.84. The van der Waals surface area contributed by atoms with E-state index in [-0.39, 0.29) is 11.6 Å². The third-order valence-corrected chi connectivity index (χ3v) is 4.36. The van der Waals surface area contributed by atoms with Gasteiger partial charge in [-0.3, -0.25) is 10.2 Å². The number of benzene rings is 2. The molecule has 0 saturated heterocycles. The lowest BCUT2D eigenvalue weighted by molar-refractivity contribution is 0.100. The molecule has 0 spiro atoms. The van der Waals surface area contributed by atoms with Crippen molar-refractivity contribution in [3.05, 3.63) is 64.9 Å². The van der Waals surface area contributed by atoms with Gasteiger partial charge in [-0.05, 0) is 37.3 Å². The van der Waals surface area contributed by atoms with Crippen molar-refractivity contribution in [2.45, 2.75) is 13.8 Å². The van der Waals surface area contributed by atoms with Crippen LogP contribution in [0.25, 0.3) is 22.6 Å². The van der Waals surface area contributed by atoms with Gasteiger partial charge in [0.05, 0.1) is 5.69 Å². The molecule has 0 aliphatic heterocycles. The van der Waals surface area contributed by atoms with E-state index in [1.165, 1.54) is 11.6 Å². The number of para-hydroxylation sites is 1. The molecule has 0 aliphatic rings. The Morgan fingerprint density at radius 3 is 2.54 bits per heavy atom. The zero-order valence-electron chi connectivity index (χ0n) is 14.2. The molecule has 4 aromatic rings. The van der Waals surface area contributed by atoms with Crippen molar-refractivity contribution >= 4 is 34.0 Å². The van der Waals surface area contributed by atoms with E-state index >= 15 is 0 Å². The summed E-state index contributed by atoms with van der Waals surface area (Å²) in [6.45, 7) is 3.40. The van der Waals surface area contributed by atoms with Gasteiger partial charge in [-0.15, -0.1) is 10.2 Å². The summed E-state index contributed by atoms with van der Waals surface area (Å²) < 4.78 is 7.52. The van der Waals surface area contributed by atoms with Gasteiger partial charge in [-0.25, -0.2) is 4.68 Å². The summed E-state index contributed by atoms with van der Waals surface area (Å²) in [7, 11) is 0. The van der Waals surface area contributed by atoms with Gasteiger partial charge in [0, 0.05) is 22.9 Å². The average Bonchev–Trinajstić information content (AvgIpc) is 3.18. The topological polar surface area (TPSA) is 73.0 Å². The maximum atomic E-state index is 12.0. The minimum Gasteiger partial charge on any atom is -0.452 e. The number of Topliss-reactive ketones (excluding diaryl/α,β-unsaturated/α-hetero) is 1. The molecule has 0 fully saturated rings. The van der Waals surface area contributed by atoms with Crippen LogP contribution >= 0.6 is 11.6 Å². The number of halogens is 1. The van der Waals surface area contributed by atoms with E-state index in [4.69, 9.17) is 16.0 Å². The lowest BCUT2D eigenvalue weighted by Crippen LogP contribution is -2.17. The number of furan rings is 1. The van der Waals surface area contributed by atoms with E-state index in [0.717, 1.165) is 22.2 Å². The second-order valence-electron chi connectivity index (χ2n) is 5.91. The summed E-state index contributed by atoms with van der Waals surface area (Å²) in [5.74, 6) is 0.972. The number of nitrogens with zero attached hydrogens (tertiary/aromatic N) is 3. The number of hydrogen-bond acceptors (Lipinski definition) is 5. The van der Waals surface area contributed by atoms with Crippen LogP contribution in [0.3, 0.4) is 0 Å². The molecule has 0 aliphatic carbocycles. The Bertz CT molecular complexity index is 1110. The molecule has 0 atom stereocenters. The summed E-state index contributed by atoms with van der Waals surface area (Å²) in [4.78, 5) is 12.0. The van der Waals surface area contributed by atoms with Crippen LogP contribution in [0, 0.1) is 6.92 Å². The highest BCUT2D eigenvalue weighted by molar-refractivity contribution is 6.30. The Morgan fingerprint density at radius 2 is 1.85 bits per heavy atom. The van der Waals surface area contributed by atoms with Crippen LogP contribution in [0.15, 0.2) is 52.9 Å². The third-order valence-electron chi connectivity index (χ3n) is 4.11. The zero-order valence-corrected chi connectivity index (χ0v) is 14.9. The van der Waals surface area contributed by atoms with Crippen molar-refractivity contribution in [3.8, 4) is 11.6 Å². The number of carbonyl (C=O) groups is 1. The van der Waals surface area contributed by atoms with Crippen LogP contribution in [-0.4, -0.2) is 20.7 Å². The minimum atomic E-state index is -0.209. The molecule has 2 aromatic heterocycles. The quantitative estimate of drug-likeness (QED) is 0.528. The SMILES string of the molecule is CC(=O)c1nnc(-c2oc3ccccc3c2C)n1Nc1ccc(Cl)cc1. The average molecular weight is 367 g/mol. The molecular weight excluding hydrogens is 352 g/mol. The molecule has 4 rings (SSSR count). The van der Waals surface area contributed by atoms with Gasteiger partial charge in [0.25, 0.3) is 0 Å². The molecule has 2 aromatic carbocycles. The van der Waals surface area contributed by atoms with E-state index in [1.54, 1.807) is 12.1 Å². The lowest BCUT2D eigenvalue weighted by Gasteiger charge is -2.11. The fraction of sp³-hybridized carbons (Fsp3) is 0.105. The fourth-order valence-corrected chi connectivity index (χ4v) is 2.93. The predicted octanol–water partition coefficient (Wildman–Crippen LogP) is 4.73.